The van der Waals surface area contributed by atoms with E-state index < -0.39 is 5.82 Å². The van der Waals surface area contributed by atoms with Gasteiger partial charge in [0, 0.05) is 36.8 Å². The van der Waals surface area contributed by atoms with E-state index in [1.807, 2.05) is 30.0 Å². The third kappa shape index (κ3) is 4.44. The van der Waals surface area contributed by atoms with Gasteiger partial charge in [-0.05, 0) is 36.8 Å². The summed E-state index contributed by atoms with van der Waals surface area (Å²) in [6, 6.07) is 10.4. The van der Waals surface area contributed by atoms with Crippen LogP contribution in [-0.4, -0.2) is 41.5 Å². The third-order valence-electron chi connectivity index (χ3n) is 4.43. The van der Waals surface area contributed by atoms with Crippen molar-refractivity contribution in [1.82, 2.24) is 9.88 Å². The highest BCUT2D eigenvalue weighted by molar-refractivity contribution is 6.30. The van der Waals surface area contributed by atoms with Crippen LogP contribution >= 0.6 is 11.6 Å². The number of rotatable bonds is 3. The number of hydrogen-bond acceptors (Lipinski definition) is 4. The first-order valence-corrected chi connectivity index (χ1v) is 8.90. The molecule has 1 fully saturated rings. The Hall–Kier alpha value is -2.91. The molecule has 27 heavy (non-hydrogen) atoms. The normalized spacial score (nSPS) is 17.2. The summed E-state index contributed by atoms with van der Waals surface area (Å²) >= 11 is 5.95. The smallest absolute Gasteiger partial charge is 0.246 e. The minimum atomic E-state index is -0.539. The summed E-state index contributed by atoms with van der Waals surface area (Å²) in [6.07, 6.45) is 4.38. The van der Waals surface area contributed by atoms with Crippen molar-refractivity contribution in [2.75, 3.05) is 24.5 Å². The Morgan fingerprint density at radius 3 is 2.93 bits per heavy atom. The van der Waals surface area contributed by atoms with E-state index in [9.17, 15) is 14.4 Å². The minimum Gasteiger partial charge on any atom is -0.352 e. The van der Waals surface area contributed by atoms with Crippen molar-refractivity contribution < 1.29 is 9.18 Å². The Morgan fingerprint density at radius 1 is 1.41 bits per heavy atom. The van der Waals surface area contributed by atoms with Crippen molar-refractivity contribution >= 4 is 29.4 Å². The highest BCUT2D eigenvalue weighted by Crippen LogP contribution is 2.22. The molecule has 2 aromatic rings. The zero-order valence-corrected chi connectivity index (χ0v) is 15.5. The van der Waals surface area contributed by atoms with Gasteiger partial charge < -0.3 is 9.80 Å². The number of nitrogens with zero attached hydrogens (tertiary/aromatic N) is 4. The molecule has 138 valence electrons. The number of halogens is 2. The zero-order valence-electron chi connectivity index (χ0n) is 14.8. The molecular weight excluding hydrogens is 367 g/mol. The lowest BCUT2D eigenvalue weighted by atomic mass is 10.1. The largest absolute Gasteiger partial charge is 0.352 e. The van der Waals surface area contributed by atoms with Crippen LogP contribution in [0.4, 0.5) is 10.2 Å². The van der Waals surface area contributed by atoms with E-state index in [4.69, 9.17) is 11.6 Å². The first-order chi connectivity index (χ1) is 13.0. The number of pyridine rings is 1. The molecular formula is C20H18ClFN4O. The first kappa shape index (κ1) is 18.9. The molecule has 0 bridgehead atoms. The van der Waals surface area contributed by atoms with Gasteiger partial charge in [0.25, 0.3) is 0 Å². The highest BCUT2D eigenvalue weighted by Gasteiger charge is 2.28. The molecule has 1 amide bonds. The lowest BCUT2D eigenvalue weighted by Gasteiger charge is -2.40. The average molecular weight is 385 g/mol. The number of carbonyl (C=O) groups excluding carboxylic acids is 1. The fraction of sp³-hybridized carbons (Fsp3) is 0.250. The second kappa shape index (κ2) is 8.19. The minimum absolute atomic E-state index is 0.0753. The van der Waals surface area contributed by atoms with Gasteiger partial charge in [-0.3, -0.25) is 4.79 Å². The van der Waals surface area contributed by atoms with Crippen LogP contribution in [0.1, 0.15) is 18.1 Å². The lowest BCUT2D eigenvalue weighted by molar-refractivity contribution is -0.128. The van der Waals surface area contributed by atoms with Crippen molar-refractivity contribution in [2.45, 2.75) is 13.0 Å². The first-order valence-electron chi connectivity index (χ1n) is 8.53. The summed E-state index contributed by atoms with van der Waals surface area (Å²) in [6.45, 7) is 3.47. The maximum absolute atomic E-state index is 13.3. The summed E-state index contributed by atoms with van der Waals surface area (Å²) < 4.78 is 13.3. The third-order valence-corrected chi connectivity index (χ3v) is 4.67. The van der Waals surface area contributed by atoms with Crippen molar-refractivity contribution in [3.8, 4) is 6.07 Å². The second-order valence-electron chi connectivity index (χ2n) is 6.35. The van der Waals surface area contributed by atoms with Crippen LogP contribution in [0.5, 0.6) is 0 Å². The highest BCUT2D eigenvalue weighted by atomic mass is 35.5. The lowest BCUT2D eigenvalue weighted by Crippen LogP contribution is -2.54. The van der Waals surface area contributed by atoms with Crippen molar-refractivity contribution in [2.24, 2.45) is 0 Å². The zero-order chi connectivity index (χ0) is 19.4. The van der Waals surface area contributed by atoms with Crippen LogP contribution in [0.15, 0.2) is 42.6 Å². The van der Waals surface area contributed by atoms with Crippen LogP contribution in [0.3, 0.4) is 0 Å². The molecule has 1 aromatic heterocycles. The van der Waals surface area contributed by atoms with Gasteiger partial charge in [-0.2, -0.15) is 5.26 Å². The Labute approximate surface area is 162 Å². The van der Waals surface area contributed by atoms with E-state index in [0.29, 0.717) is 30.5 Å². The van der Waals surface area contributed by atoms with E-state index in [1.165, 1.54) is 12.1 Å². The Morgan fingerprint density at radius 2 is 2.22 bits per heavy atom. The van der Waals surface area contributed by atoms with E-state index in [1.54, 1.807) is 23.1 Å². The molecule has 1 aliphatic heterocycles. The summed E-state index contributed by atoms with van der Waals surface area (Å²) in [5.41, 5.74) is 1.05. The number of nitriles is 1. The van der Waals surface area contributed by atoms with Gasteiger partial charge in [0.15, 0.2) is 0 Å². The Balaban J connectivity index is 1.68. The van der Waals surface area contributed by atoms with Crippen molar-refractivity contribution in [1.29, 1.82) is 5.26 Å². The van der Waals surface area contributed by atoms with E-state index in [2.05, 4.69) is 4.98 Å². The van der Waals surface area contributed by atoms with Gasteiger partial charge >= 0.3 is 0 Å². The molecule has 0 saturated carbocycles. The molecule has 2 heterocycles. The van der Waals surface area contributed by atoms with Gasteiger partial charge in [-0.25, -0.2) is 9.37 Å². The molecule has 0 radical (unpaired) electrons. The monoisotopic (exact) mass is 384 g/mol. The van der Waals surface area contributed by atoms with Gasteiger partial charge in [-0.1, -0.05) is 23.7 Å². The van der Waals surface area contributed by atoms with Crippen LogP contribution in [0.25, 0.3) is 6.08 Å². The fourth-order valence-electron chi connectivity index (χ4n) is 3.12. The predicted molar refractivity (Wildman–Crippen MR) is 103 cm³/mol. The summed E-state index contributed by atoms with van der Waals surface area (Å²) in [5, 5.41) is 9.83. The number of aromatic nitrogens is 1. The number of benzene rings is 1. The van der Waals surface area contributed by atoms with Gasteiger partial charge in [0.1, 0.15) is 17.7 Å². The van der Waals surface area contributed by atoms with Crippen LogP contribution in [-0.2, 0) is 4.79 Å². The average Bonchev–Trinajstić information content (AvgIpc) is 2.66. The molecule has 7 heteroatoms. The molecule has 1 aromatic carbocycles. The molecule has 1 aliphatic rings. The Kier molecular flexibility index (Phi) is 5.72. The van der Waals surface area contributed by atoms with Gasteiger partial charge in [-0.15, -0.1) is 0 Å². The molecule has 0 unspecified atom stereocenters. The topological polar surface area (TPSA) is 60.2 Å². The van der Waals surface area contributed by atoms with E-state index >= 15 is 0 Å². The number of piperazine rings is 1. The van der Waals surface area contributed by atoms with E-state index in [-0.39, 0.29) is 17.5 Å². The summed E-state index contributed by atoms with van der Waals surface area (Å²) in [7, 11) is 0. The maximum Gasteiger partial charge on any atom is 0.246 e. The molecule has 3 rings (SSSR count). The quantitative estimate of drug-likeness (QED) is 0.760. The maximum atomic E-state index is 13.3. The number of anilines is 1. The predicted octanol–water partition coefficient (Wildman–Crippen LogP) is 3.50. The second-order valence-corrected chi connectivity index (χ2v) is 6.79. The van der Waals surface area contributed by atoms with Crippen molar-refractivity contribution in [3.63, 3.8) is 0 Å². The Bertz CT molecular complexity index is 924. The molecule has 1 atom stereocenters. The standard InChI is InChI=1S/C20H18ClFN4O/c1-14-13-25(20-16(11-23)10-18(22)12-24-20)7-8-26(14)19(27)6-5-15-3-2-4-17(21)9-15/h2-6,9-10,12,14H,7-8,13H2,1H3/t14-/m1/s1. The SMILES string of the molecule is C[C@@H]1CN(c2ncc(F)cc2C#N)CCN1C(=O)C=Cc1cccc(Cl)c1. The molecule has 0 spiro atoms. The van der Waals surface area contributed by atoms with Crippen LogP contribution in [0, 0.1) is 17.1 Å². The summed E-state index contributed by atoms with van der Waals surface area (Å²) in [4.78, 5) is 20.3. The van der Waals surface area contributed by atoms with Gasteiger partial charge in [0.2, 0.25) is 5.91 Å². The van der Waals surface area contributed by atoms with Crippen LogP contribution < -0.4 is 4.90 Å². The van der Waals surface area contributed by atoms with Gasteiger partial charge in [0.05, 0.1) is 11.8 Å². The number of amides is 1. The van der Waals surface area contributed by atoms with Crippen LogP contribution in [0.2, 0.25) is 5.02 Å². The van der Waals surface area contributed by atoms with Crippen molar-refractivity contribution in [3.05, 3.63) is 64.6 Å². The number of carbonyl (C=O) groups is 1. The molecule has 1 saturated heterocycles. The number of hydrogen-bond donors (Lipinski definition) is 0. The van der Waals surface area contributed by atoms with E-state index in [0.717, 1.165) is 11.8 Å². The summed E-state index contributed by atoms with van der Waals surface area (Å²) in [5.74, 6) is -0.176. The fourth-order valence-corrected chi connectivity index (χ4v) is 3.32. The molecule has 0 N–H and O–H groups in total. The molecule has 5 nitrogen and oxygen atoms in total. The molecule has 0 aliphatic carbocycles.